The van der Waals surface area contributed by atoms with Gasteiger partial charge in [0, 0.05) is 11.8 Å². The number of carbonyl (C=O) groups excluding carboxylic acids is 1. The van der Waals surface area contributed by atoms with Crippen LogP contribution in [0.3, 0.4) is 0 Å². The lowest BCUT2D eigenvalue weighted by Crippen LogP contribution is -2.53. The first-order valence-electron chi connectivity index (χ1n) is 5.99. The molecule has 5 N–H and O–H groups in total. The fourth-order valence-electron chi connectivity index (χ4n) is 1.64. The van der Waals surface area contributed by atoms with Gasteiger partial charge in [0.05, 0.1) is 31.4 Å². The molecule has 0 atom stereocenters. The molecule has 0 saturated heterocycles. The first kappa shape index (κ1) is 15.3. The lowest BCUT2D eigenvalue weighted by atomic mass is 9.97. The Morgan fingerprint density at radius 3 is 2.53 bits per heavy atom. The van der Waals surface area contributed by atoms with Crippen molar-refractivity contribution in [2.75, 3.05) is 26.1 Å². The molecule has 0 radical (unpaired) electrons. The van der Waals surface area contributed by atoms with Crippen LogP contribution in [0.2, 0.25) is 0 Å². The number of aliphatic hydroxyl groups is 2. The molecule has 19 heavy (non-hydrogen) atoms. The molecule has 0 aliphatic rings. The minimum Gasteiger partial charge on any atom is -0.496 e. The van der Waals surface area contributed by atoms with E-state index in [2.05, 4.69) is 5.32 Å². The van der Waals surface area contributed by atoms with Crippen molar-refractivity contribution in [3.8, 4) is 5.75 Å². The maximum absolute atomic E-state index is 12.2. The number of nitrogens with one attached hydrogen (secondary N) is 1. The van der Waals surface area contributed by atoms with Crippen molar-refractivity contribution in [2.24, 2.45) is 0 Å². The number of methoxy groups -OCH3 is 1. The topological polar surface area (TPSA) is 105 Å². The summed E-state index contributed by atoms with van der Waals surface area (Å²) >= 11 is 0. The van der Waals surface area contributed by atoms with Crippen molar-refractivity contribution in [3.63, 3.8) is 0 Å². The van der Waals surface area contributed by atoms with Crippen molar-refractivity contribution < 1.29 is 19.7 Å². The fourth-order valence-corrected chi connectivity index (χ4v) is 1.64. The third kappa shape index (κ3) is 3.36. The van der Waals surface area contributed by atoms with Gasteiger partial charge in [0.2, 0.25) is 0 Å². The lowest BCUT2D eigenvalue weighted by Gasteiger charge is -2.29. The number of hydrogen-bond acceptors (Lipinski definition) is 5. The van der Waals surface area contributed by atoms with Gasteiger partial charge in [0.15, 0.2) is 0 Å². The molecule has 0 aliphatic heterocycles. The highest BCUT2D eigenvalue weighted by molar-refractivity contribution is 5.97. The molecule has 0 heterocycles. The zero-order chi connectivity index (χ0) is 14.5. The van der Waals surface area contributed by atoms with Crippen LogP contribution in [-0.4, -0.2) is 42.0 Å². The molecule has 0 fully saturated rings. The first-order chi connectivity index (χ1) is 9.01. The predicted octanol–water partition coefficient (Wildman–Crippen LogP) is 0.141. The number of nitrogens with two attached hydrogens (primary N) is 1. The number of rotatable bonds is 6. The molecular formula is C13H20N2O4. The normalized spacial score (nSPS) is 11.2. The number of nitrogen functional groups attached to an aromatic ring is 1. The number of carbonyl (C=O) groups is 1. The molecule has 106 valence electrons. The van der Waals surface area contributed by atoms with Gasteiger partial charge in [0.25, 0.3) is 5.91 Å². The van der Waals surface area contributed by atoms with E-state index in [-0.39, 0.29) is 13.2 Å². The molecule has 1 aromatic carbocycles. The summed E-state index contributed by atoms with van der Waals surface area (Å²) in [6, 6.07) is 4.67. The molecule has 0 aromatic heterocycles. The van der Waals surface area contributed by atoms with Crippen LogP contribution >= 0.6 is 0 Å². The summed E-state index contributed by atoms with van der Waals surface area (Å²) in [5.74, 6) is -0.0832. The number of aliphatic hydroxyl groups excluding tert-OH is 2. The highest BCUT2D eigenvalue weighted by Crippen LogP contribution is 2.22. The van der Waals surface area contributed by atoms with Crippen LogP contribution in [-0.2, 0) is 0 Å². The number of anilines is 1. The van der Waals surface area contributed by atoms with E-state index < -0.39 is 11.4 Å². The van der Waals surface area contributed by atoms with Gasteiger partial charge in [-0.1, -0.05) is 6.92 Å². The molecule has 0 bridgehead atoms. The summed E-state index contributed by atoms with van der Waals surface area (Å²) in [4.78, 5) is 12.2. The Morgan fingerprint density at radius 2 is 2.05 bits per heavy atom. The highest BCUT2D eigenvalue weighted by atomic mass is 16.5. The van der Waals surface area contributed by atoms with Crippen molar-refractivity contribution >= 4 is 11.6 Å². The van der Waals surface area contributed by atoms with Crippen molar-refractivity contribution in [1.82, 2.24) is 5.32 Å². The molecular weight excluding hydrogens is 248 g/mol. The van der Waals surface area contributed by atoms with E-state index in [1.54, 1.807) is 25.1 Å². The monoisotopic (exact) mass is 268 g/mol. The van der Waals surface area contributed by atoms with Gasteiger partial charge in [-0.3, -0.25) is 4.79 Å². The maximum atomic E-state index is 12.2. The van der Waals surface area contributed by atoms with Crippen LogP contribution in [0.25, 0.3) is 0 Å². The van der Waals surface area contributed by atoms with Crippen LogP contribution < -0.4 is 15.8 Å². The van der Waals surface area contributed by atoms with Crippen LogP contribution in [0.15, 0.2) is 18.2 Å². The van der Waals surface area contributed by atoms with E-state index in [4.69, 9.17) is 10.5 Å². The van der Waals surface area contributed by atoms with Crippen LogP contribution in [0, 0.1) is 0 Å². The number of amides is 1. The fraction of sp³-hybridized carbons (Fsp3) is 0.462. The van der Waals surface area contributed by atoms with E-state index in [1.807, 2.05) is 0 Å². The molecule has 1 aromatic rings. The Balaban J connectivity index is 3.01. The minimum atomic E-state index is -1.04. The van der Waals surface area contributed by atoms with Gasteiger partial charge in [-0.25, -0.2) is 0 Å². The molecule has 1 rings (SSSR count). The number of ether oxygens (including phenoxy) is 1. The zero-order valence-corrected chi connectivity index (χ0v) is 11.1. The third-order valence-corrected chi connectivity index (χ3v) is 3.13. The summed E-state index contributed by atoms with van der Waals surface area (Å²) in [6.07, 6.45) is 0.406. The van der Waals surface area contributed by atoms with Crippen LogP contribution in [0.4, 0.5) is 5.69 Å². The molecule has 0 aliphatic carbocycles. The second-order valence-electron chi connectivity index (χ2n) is 4.36. The van der Waals surface area contributed by atoms with Crippen molar-refractivity contribution in [1.29, 1.82) is 0 Å². The van der Waals surface area contributed by atoms with Gasteiger partial charge in [-0.15, -0.1) is 0 Å². The molecule has 1 amide bonds. The lowest BCUT2D eigenvalue weighted by molar-refractivity contribution is 0.0651. The SMILES string of the molecule is CCC(CO)(CO)NC(=O)c1ccc(N)cc1OC. The van der Waals surface area contributed by atoms with Gasteiger partial charge < -0.3 is 26.0 Å². The summed E-state index contributed by atoms with van der Waals surface area (Å²) in [6.45, 7) is 1.08. The van der Waals surface area contributed by atoms with E-state index in [0.29, 0.717) is 23.4 Å². The Kier molecular flexibility index (Phi) is 5.14. The van der Waals surface area contributed by atoms with E-state index in [1.165, 1.54) is 7.11 Å². The molecule has 6 nitrogen and oxygen atoms in total. The molecule has 0 spiro atoms. The average Bonchev–Trinajstić information content (AvgIpc) is 2.44. The number of benzene rings is 1. The maximum Gasteiger partial charge on any atom is 0.255 e. The van der Waals surface area contributed by atoms with E-state index in [9.17, 15) is 15.0 Å². The van der Waals surface area contributed by atoms with Crippen LogP contribution in [0.1, 0.15) is 23.7 Å². The Labute approximate surface area is 112 Å². The van der Waals surface area contributed by atoms with Crippen LogP contribution in [0.5, 0.6) is 5.75 Å². The number of hydrogen-bond donors (Lipinski definition) is 4. The summed E-state index contributed by atoms with van der Waals surface area (Å²) in [5, 5.41) is 21.3. The summed E-state index contributed by atoms with van der Waals surface area (Å²) in [5.41, 5.74) is 5.37. The molecule has 0 unspecified atom stereocenters. The van der Waals surface area contributed by atoms with Gasteiger partial charge in [0.1, 0.15) is 5.75 Å². The van der Waals surface area contributed by atoms with Gasteiger partial charge in [-0.05, 0) is 18.6 Å². The second kappa shape index (κ2) is 6.40. The van der Waals surface area contributed by atoms with E-state index in [0.717, 1.165) is 0 Å². The minimum absolute atomic E-state index is 0.302. The first-order valence-corrected chi connectivity index (χ1v) is 5.99. The summed E-state index contributed by atoms with van der Waals surface area (Å²) in [7, 11) is 1.44. The average molecular weight is 268 g/mol. The molecule has 0 saturated carbocycles. The highest BCUT2D eigenvalue weighted by Gasteiger charge is 2.29. The Hall–Kier alpha value is -1.79. The van der Waals surface area contributed by atoms with Crippen molar-refractivity contribution in [2.45, 2.75) is 18.9 Å². The molecule has 6 heteroatoms. The summed E-state index contributed by atoms with van der Waals surface area (Å²) < 4.78 is 5.10. The smallest absolute Gasteiger partial charge is 0.255 e. The quantitative estimate of drug-likeness (QED) is 0.549. The van der Waals surface area contributed by atoms with Crippen molar-refractivity contribution in [3.05, 3.63) is 23.8 Å². The Bertz CT molecular complexity index is 436. The second-order valence-corrected chi connectivity index (χ2v) is 4.36. The van der Waals surface area contributed by atoms with E-state index >= 15 is 0 Å². The largest absolute Gasteiger partial charge is 0.496 e. The van der Waals surface area contributed by atoms with Gasteiger partial charge in [-0.2, -0.15) is 0 Å². The van der Waals surface area contributed by atoms with Gasteiger partial charge >= 0.3 is 0 Å². The third-order valence-electron chi connectivity index (χ3n) is 3.13. The standard InChI is InChI=1S/C13H20N2O4/c1-3-13(7-16,8-17)15-12(18)10-5-4-9(14)6-11(10)19-2/h4-6,16-17H,3,7-8,14H2,1-2H3,(H,15,18). The zero-order valence-electron chi connectivity index (χ0n) is 11.1. The predicted molar refractivity (Wildman–Crippen MR) is 72.1 cm³/mol. The Morgan fingerprint density at radius 1 is 1.42 bits per heavy atom.